The molecule has 1 heterocycles. The van der Waals surface area contributed by atoms with Crippen LogP contribution in [0.3, 0.4) is 0 Å². The lowest BCUT2D eigenvalue weighted by atomic mass is 9.63. The normalized spacial score (nSPS) is 20.9. The Hall–Kier alpha value is -2.40. The van der Waals surface area contributed by atoms with Crippen molar-refractivity contribution in [3.63, 3.8) is 0 Å². The Morgan fingerprint density at radius 2 is 1.55 bits per heavy atom. The van der Waals surface area contributed by atoms with Gasteiger partial charge in [-0.15, -0.1) is 0 Å². The summed E-state index contributed by atoms with van der Waals surface area (Å²) in [5, 5.41) is 9.11. The molecule has 1 N–H and O–H groups in total. The number of aliphatic carboxylic acids is 1. The van der Waals surface area contributed by atoms with Crippen LogP contribution in [0.25, 0.3) is 0 Å². The van der Waals surface area contributed by atoms with Crippen molar-refractivity contribution in [3.8, 4) is 11.5 Å². The number of carboxylic acids is 1. The molecule has 38 heavy (non-hydrogen) atoms. The highest BCUT2D eigenvalue weighted by Crippen LogP contribution is 2.55. The molecule has 0 aromatic heterocycles. The molecule has 9 heteroatoms. The van der Waals surface area contributed by atoms with Gasteiger partial charge < -0.3 is 24.2 Å². The van der Waals surface area contributed by atoms with E-state index < -0.39 is 18.5 Å². The predicted octanol–water partition coefficient (Wildman–Crippen LogP) is 5.10. The van der Waals surface area contributed by atoms with Crippen LogP contribution in [-0.2, 0) is 19.1 Å². The summed E-state index contributed by atoms with van der Waals surface area (Å²) in [6.07, 6.45) is 2.23. The number of benzene rings is 1. The molecule has 206 valence electrons. The molecule has 0 atom stereocenters. The van der Waals surface area contributed by atoms with Crippen LogP contribution in [0.15, 0.2) is 34.7 Å². The lowest BCUT2D eigenvalue weighted by Crippen LogP contribution is -2.45. The lowest BCUT2D eigenvalue weighted by molar-refractivity contribution is -0.139. The predicted molar refractivity (Wildman–Crippen MR) is 150 cm³/mol. The fraction of sp³-hybridized carbons (Fsp3) is 0.552. The standard InChI is InChI=1S/C29H36INO7/c1-28(2)11-18-25(20(32)13-28)24(16-9-17(30)27(22(10-16)37-6)38-15-23(34)35)26-19(31(18)7-8-36-5)12-29(3,4)14-21(26)33/h9-10,24H,7-8,11-15H2,1-6H3,(H,34,35). The molecule has 1 aromatic carbocycles. The van der Waals surface area contributed by atoms with Crippen LogP contribution in [-0.4, -0.2) is 61.5 Å². The molecule has 4 rings (SSSR count). The quantitative estimate of drug-likeness (QED) is 0.394. The van der Waals surface area contributed by atoms with Gasteiger partial charge in [-0.3, -0.25) is 9.59 Å². The molecule has 0 spiro atoms. The number of halogens is 1. The lowest BCUT2D eigenvalue weighted by Gasteiger charge is -2.49. The van der Waals surface area contributed by atoms with Gasteiger partial charge >= 0.3 is 5.97 Å². The molecule has 1 aliphatic heterocycles. The molecule has 0 bridgehead atoms. The van der Waals surface area contributed by atoms with Crippen LogP contribution < -0.4 is 9.47 Å². The Morgan fingerprint density at radius 3 is 2.03 bits per heavy atom. The second-order valence-corrected chi connectivity index (χ2v) is 13.1. The molecular formula is C29H36INO7. The molecule has 0 saturated carbocycles. The van der Waals surface area contributed by atoms with Gasteiger partial charge in [0.05, 0.1) is 17.3 Å². The summed E-state index contributed by atoms with van der Waals surface area (Å²) in [6, 6.07) is 3.66. The summed E-state index contributed by atoms with van der Waals surface area (Å²) in [6.45, 7) is 8.98. The van der Waals surface area contributed by atoms with E-state index in [4.69, 9.17) is 19.3 Å². The monoisotopic (exact) mass is 637 g/mol. The smallest absolute Gasteiger partial charge is 0.341 e. The first-order chi connectivity index (χ1) is 17.8. The van der Waals surface area contributed by atoms with Gasteiger partial charge in [-0.2, -0.15) is 0 Å². The number of rotatable bonds is 8. The number of allylic oxidation sites excluding steroid dienone is 4. The number of carbonyl (C=O) groups excluding carboxylic acids is 2. The largest absolute Gasteiger partial charge is 0.493 e. The molecule has 0 fully saturated rings. The van der Waals surface area contributed by atoms with E-state index in [9.17, 15) is 14.4 Å². The van der Waals surface area contributed by atoms with Crippen LogP contribution in [0.4, 0.5) is 0 Å². The third-order valence-electron chi connectivity index (χ3n) is 7.47. The molecule has 0 radical (unpaired) electrons. The van der Waals surface area contributed by atoms with E-state index >= 15 is 0 Å². The zero-order valence-corrected chi connectivity index (χ0v) is 25.1. The average Bonchev–Trinajstić information content (AvgIpc) is 2.79. The van der Waals surface area contributed by atoms with E-state index in [-0.39, 0.29) is 22.4 Å². The van der Waals surface area contributed by atoms with E-state index in [0.29, 0.717) is 65.1 Å². The van der Waals surface area contributed by atoms with Crippen LogP contribution >= 0.6 is 22.6 Å². The highest BCUT2D eigenvalue weighted by Gasteiger charge is 2.49. The van der Waals surface area contributed by atoms with Crippen molar-refractivity contribution in [2.24, 2.45) is 10.8 Å². The van der Waals surface area contributed by atoms with Gasteiger partial charge in [0.1, 0.15) is 0 Å². The average molecular weight is 638 g/mol. The molecule has 8 nitrogen and oxygen atoms in total. The van der Waals surface area contributed by atoms with Crippen LogP contribution in [0.5, 0.6) is 11.5 Å². The summed E-state index contributed by atoms with van der Waals surface area (Å²) in [5.41, 5.74) is 3.63. The van der Waals surface area contributed by atoms with Gasteiger partial charge in [0.2, 0.25) is 0 Å². The second kappa shape index (κ2) is 10.6. The zero-order valence-electron chi connectivity index (χ0n) is 22.9. The van der Waals surface area contributed by atoms with E-state index in [2.05, 4.69) is 55.2 Å². The van der Waals surface area contributed by atoms with Gasteiger partial charge in [0.15, 0.2) is 29.7 Å². The van der Waals surface area contributed by atoms with Gasteiger partial charge in [-0.05, 0) is 64.0 Å². The van der Waals surface area contributed by atoms with E-state index in [1.54, 1.807) is 13.2 Å². The number of ether oxygens (including phenoxy) is 3. The van der Waals surface area contributed by atoms with Gasteiger partial charge in [-0.1, -0.05) is 27.7 Å². The molecule has 0 amide bonds. The van der Waals surface area contributed by atoms with Crippen molar-refractivity contribution >= 4 is 40.1 Å². The Kier molecular flexibility index (Phi) is 8.01. The van der Waals surface area contributed by atoms with E-state index in [0.717, 1.165) is 17.0 Å². The highest BCUT2D eigenvalue weighted by molar-refractivity contribution is 14.1. The first-order valence-corrected chi connectivity index (χ1v) is 13.9. The van der Waals surface area contributed by atoms with Crippen molar-refractivity contribution in [2.45, 2.75) is 59.3 Å². The fourth-order valence-corrected chi connectivity index (χ4v) is 6.80. The maximum absolute atomic E-state index is 13.9. The fourth-order valence-electron chi connectivity index (χ4n) is 6.01. The summed E-state index contributed by atoms with van der Waals surface area (Å²) in [4.78, 5) is 41.0. The van der Waals surface area contributed by atoms with Crippen molar-refractivity contribution < 1.29 is 33.7 Å². The highest BCUT2D eigenvalue weighted by atomic mass is 127. The van der Waals surface area contributed by atoms with Gasteiger partial charge in [-0.25, -0.2) is 4.79 Å². The van der Waals surface area contributed by atoms with Crippen LogP contribution in [0.2, 0.25) is 0 Å². The van der Waals surface area contributed by atoms with Crippen LogP contribution in [0.1, 0.15) is 64.9 Å². The van der Waals surface area contributed by atoms with Crippen molar-refractivity contribution in [2.75, 3.05) is 34.0 Å². The third kappa shape index (κ3) is 5.50. The van der Waals surface area contributed by atoms with Crippen molar-refractivity contribution in [1.29, 1.82) is 0 Å². The van der Waals surface area contributed by atoms with E-state index in [1.165, 1.54) is 7.11 Å². The number of carboxylic acid groups (broad SMARTS) is 1. The number of nitrogens with zero attached hydrogens (tertiary/aromatic N) is 1. The first-order valence-electron chi connectivity index (χ1n) is 12.8. The third-order valence-corrected chi connectivity index (χ3v) is 8.27. The minimum absolute atomic E-state index is 0.0491. The Labute approximate surface area is 237 Å². The molecule has 2 aliphatic carbocycles. The summed E-state index contributed by atoms with van der Waals surface area (Å²) in [5.74, 6) is -0.826. The molecule has 3 aliphatic rings. The Morgan fingerprint density at radius 1 is 1.00 bits per heavy atom. The Bertz CT molecular complexity index is 1190. The number of hydrogen-bond donors (Lipinski definition) is 1. The maximum Gasteiger partial charge on any atom is 0.341 e. The number of methoxy groups -OCH3 is 2. The number of Topliss-reactive ketones (excluding diaryl/α,β-unsaturated/α-hetero) is 2. The SMILES string of the molecule is COCCN1C2=C(C(=O)CC(C)(C)C2)C(c2cc(I)c(OCC(=O)O)c(OC)c2)C2=C1CC(C)(C)CC2=O. The molecule has 0 unspecified atom stereocenters. The molecule has 0 saturated heterocycles. The Balaban J connectivity index is 1.96. The van der Waals surface area contributed by atoms with Crippen molar-refractivity contribution in [3.05, 3.63) is 43.8 Å². The summed E-state index contributed by atoms with van der Waals surface area (Å²) < 4.78 is 17.2. The topological polar surface area (TPSA) is 102 Å². The first kappa shape index (κ1) is 28.6. The summed E-state index contributed by atoms with van der Waals surface area (Å²) in [7, 11) is 3.15. The van der Waals surface area contributed by atoms with Crippen molar-refractivity contribution in [1.82, 2.24) is 4.90 Å². The minimum atomic E-state index is -1.09. The number of carbonyl (C=O) groups is 3. The molecular weight excluding hydrogens is 601 g/mol. The second-order valence-electron chi connectivity index (χ2n) is 11.9. The minimum Gasteiger partial charge on any atom is -0.493 e. The summed E-state index contributed by atoms with van der Waals surface area (Å²) >= 11 is 2.09. The van der Waals surface area contributed by atoms with Crippen LogP contribution in [0, 0.1) is 14.4 Å². The molecule has 1 aromatic rings. The maximum atomic E-state index is 13.9. The number of hydrogen-bond acceptors (Lipinski definition) is 7. The van der Waals surface area contributed by atoms with Gasteiger partial charge in [0.25, 0.3) is 0 Å². The number of ketones is 2. The van der Waals surface area contributed by atoms with Gasteiger partial charge in [0, 0.05) is 55.0 Å². The van der Waals surface area contributed by atoms with E-state index in [1.807, 2.05) is 6.07 Å². The zero-order chi connectivity index (χ0) is 28.0.